The van der Waals surface area contributed by atoms with Crippen LogP contribution in [0.15, 0.2) is 47.6 Å². The van der Waals surface area contributed by atoms with Gasteiger partial charge in [-0.25, -0.2) is 0 Å². The minimum absolute atomic E-state index is 0.0132. The van der Waals surface area contributed by atoms with E-state index in [1.54, 1.807) is 18.2 Å². The van der Waals surface area contributed by atoms with Crippen LogP contribution in [0.25, 0.3) is 0 Å². The molecule has 0 aromatic heterocycles. The van der Waals surface area contributed by atoms with Gasteiger partial charge in [-0.05, 0) is 18.2 Å². The molecule has 0 fully saturated rings. The standard InChI is InChI=1S/C13H10O3/c14-11-6-4-9(5-7-11)13(16)10-2-1-3-12(15)8-10/h1-2,4-6,8H,3,7H2. The van der Waals surface area contributed by atoms with Gasteiger partial charge < -0.3 is 0 Å². The molecule has 0 aliphatic heterocycles. The summed E-state index contributed by atoms with van der Waals surface area (Å²) in [6.45, 7) is 0. The first-order chi connectivity index (χ1) is 7.66. The topological polar surface area (TPSA) is 51.2 Å². The van der Waals surface area contributed by atoms with Crippen molar-refractivity contribution in [3.8, 4) is 0 Å². The molecule has 0 bridgehead atoms. The molecule has 0 heterocycles. The third-order valence-corrected chi connectivity index (χ3v) is 2.43. The minimum atomic E-state index is -0.201. The van der Waals surface area contributed by atoms with E-state index in [2.05, 4.69) is 0 Å². The smallest absolute Gasteiger partial charge is 0.192 e. The first kappa shape index (κ1) is 10.5. The quantitative estimate of drug-likeness (QED) is 0.699. The van der Waals surface area contributed by atoms with Gasteiger partial charge in [-0.15, -0.1) is 0 Å². The van der Waals surface area contributed by atoms with E-state index in [1.807, 2.05) is 0 Å². The molecule has 3 nitrogen and oxygen atoms in total. The van der Waals surface area contributed by atoms with Crippen molar-refractivity contribution >= 4 is 17.3 Å². The predicted molar refractivity (Wildman–Crippen MR) is 58.7 cm³/mol. The Labute approximate surface area is 92.8 Å². The molecule has 0 aromatic carbocycles. The van der Waals surface area contributed by atoms with Crippen molar-refractivity contribution < 1.29 is 14.4 Å². The maximum absolute atomic E-state index is 11.9. The number of ketones is 3. The van der Waals surface area contributed by atoms with E-state index >= 15 is 0 Å². The number of hydrogen-bond acceptors (Lipinski definition) is 3. The normalized spacial score (nSPS) is 19.5. The molecule has 2 rings (SSSR count). The van der Waals surface area contributed by atoms with Crippen molar-refractivity contribution in [2.75, 3.05) is 0 Å². The van der Waals surface area contributed by atoms with E-state index in [-0.39, 0.29) is 23.8 Å². The molecule has 2 aliphatic rings. The van der Waals surface area contributed by atoms with Gasteiger partial charge in [0.1, 0.15) is 0 Å². The Balaban J connectivity index is 2.21. The van der Waals surface area contributed by atoms with Crippen molar-refractivity contribution in [1.29, 1.82) is 0 Å². The van der Waals surface area contributed by atoms with E-state index in [4.69, 9.17) is 0 Å². The van der Waals surface area contributed by atoms with Crippen LogP contribution in [-0.4, -0.2) is 17.3 Å². The van der Waals surface area contributed by atoms with Crippen LogP contribution >= 0.6 is 0 Å². The van der Waals surface area contributed by atoms with Crippen molar-refractivity contribution in [2.45, 2.75) is 12.8 Å². The van der Waals surface area contributed by atoms with E-state index in [0.717, 1.165) is 0 Å². The molecule has 0 aromatic rings. The molecule has 0 N–H and O–H groups in total. The highest BCUT2D eigenvalue weighted by Gasteiger charge is 2.16. The molecule has 0 atom stereocenters. The van der Waals surface area contributed by atoms with Crippen LogP contribution in [0.2, 0.25) is 0 Å². The zero-order chi connectivity index (χ0) is 11.5. The summed E-state index contributed by atoms with van der Waals surface area (Å²) in [5.41, 5.74) is 0.867. The fourth-order valence-corrected chi connectivity index (χ4v) is 1.59. The molecule has 0 amide bonds. The highest BCUT2D eigenvalue weighted by atomic mass is 16.1. The molecular weight excluding hydrogens is 204 g/mol. The number of allylic oxidation sites excluding steroid dienone is 8. The van der Waals surface area contributed by atoms with Crippen LogP contribution in [0.3, 0.4) is 0 Å². The molecule has 16 heavy (non-hydrogen) atoms. The fraction of sp³-hybridized carbons (Fsp3) is 0.154. The highest BCUT2D eigenvalue weighted by Crippen LogP contribution is 2.16. The third-order valence-electron chi connectivity index (χ3n) is 2.43. The van der Waals surface area contributed by atoms with E-state index in [0.29, 0.717) is 17.6 Å². The Kier molecular flexibility index (Phi) is 2.77. The average molecular weight is 214 g/mol. The van der Waals surface area contributed by atoms with Crippen molar-refractivity contribution in [2.24, 2.45) is 0 Å². The summed E-state index contributed by atoms with van der Waals surface area (Å²) in [7, 11) is 0. The highest BCUT2D eigenvalue weighted by molar-refractivity contribution is 6.17. The SMILES string of the molecule is O=C1C=CC(C(=O)C2=CC(=O)CC=C2)=CC1. The summed E-state index contributed by atoms with van der Waals surface area (Å²) in [4.78, 5) is 34.0. The maximum Gasteiger partial charge on any atom is 0.192 e. The van der Waals surface area contributed by atoms with Gasteiger partial charge in [-0.2, -0.15) is 0 Å². The van der Waals surface area contributed by atoms with E-state index < -0.39 is 0 Å². The molecule has 80 valence electrons. The van der Waals surface area contributed by atoms with Gasteiger partial charge in [0.25, 0.3) is 0 Å². The lowest BCUT2D eigenvalue weighted by molar-refractivity contribution is -0.115. The van der Waals surface area contributed by atoms with Crippen molar-refractivity contribution in [3.63, 3.8) is 0 Å². The zero-order valence-corrected chi connectivity index (χ0v) is 8.60. The first-order valence-electron chi connectivity index (χ1n) is 5.03. The van der Waals surface area contributed by atoms with Crippen LogP contribution in [-0.2, 0) is 14.4 Å². The zero-order valence-electron chi connectivity index (χ0n) is 8.60. The Hall–Kier alpha value is -2.03. The summed E-state index contributed by atoms with van der Waals surface area (Å²) in [6.07, 6.45) is 9.77. The van der Waals surface area contributed by atoms with E-state index in [9.17, 15) is 14.4 Å². The largest absolute Gasteiger partial charge is 0.295 e. The summed E-state index contributed by atoms with van der Waals surface area (Å²) in [5.74, 6) is -0.281. The summed E-state index contributed by atoms with van der Waals surface area (Å²) >= 11 is 0. The Morgan fingerprint density at radius 1 is 0.938 bits per heavy atom. The van der Waals surface area contributed by atoms with Gasteiger partial charge >= 0.3 is 0 Å². The van der Waals surface area contributed by atoms with Crippen LogP contribution in [0.1, 0.15) is 12.8 Å². The van der Waals surface area contributed by atoms with Gasteiger partial charge in [-0.1, -0.05) is 18.2 Å². The molecular formula is C13H10O3. The second kappa shape index (κ2) is 4.23. The van der Waals surface area contributed by atoms with Crippen LogP contribution in [0.4, 0.5) is 0 Å². The molecule has 0 unspecified atom stereocenters. The van der Waals surface area contributed by atoms with Gasteiger partial charge in [-0.3, -0.25) is 14.4 Å². The summed E-state index contributed by atoms with van der Waals surface area (Å²) < 4.78 is 0. The molecule has 0 spiro atoms. The minimum Gasteiger partial charge on any atom is -0.295 e. The number of carbonyl (C=O) groups excluding carboxylic acids is 3. The van der Waals surface area contributed by atoms with Crippen LogP contribution in [0, 0.1) is 0 Å². The van der Waals surface area contributed by atoms with Gasteiger partial charge in [0, 0.05) is 24.0 Å². The lowest BCUT2D eigenvalue weighted by atomic mass is 9.94. The molecule has 0 radical (unpaired) electrons. The second-order valence-electron chi connectivity index (χ2n) is 3.66. The average Bonchev–Trinajstić information content (AvgIpc) is 2.29. The number of rotatable bonds is 2. The van der Waals surface area contributed by atoms with Gasteiger partial charge in [0.15, 0.2) is 17.3 Å². The number of carbonyl (C=O) groups is 3. The lowest BCUT2D eigenvalue weighted by Crippen LogP contribution is -2.10. The molecule has 0 saturated heterocycles. The maximum atomic E-state index is 11.9. The monoisotopic (exact) mass is 214 g/mol. The summed E-state index contributed by atoms with van der Waals surface area (Å²) in [6, 6.07) is 0. The molecule has 3 heteroatoms. The fourth-order valence-electron chi connectivity index (χ4n) is 1.59. The van der Waals surface area contributed by atoms with Crippen molar-refractivity contribution in [3.05, 3.63) is 47.6 Å². The van der Waals surface area contributed by atoms with Crippen LogP contribution < -0.4 is 0 Å². The van der Waals surface area contributed by atoms with Crippen LogP contribution in [0.5, 0.6) is 0 Å². The Morgan fingerprint density at radius 3 is 2.38 bits per heavy atom. The Bertz CT molecular complexity index is 487. The summed E-state index contributed by atoms with van der Waals surface area (Å²) in [5, 5.41) is 0. The molecule has 0 saturated carbocycles. The number of Topliss-reactive ketones (excluding diaryl/α,β-unsaturated/α-hetero) is 1. The lowest BCUT2D eigenvalue weighted by Gasteiger charge is -2.08. The third kappa shape index (κ3) is 2.14. The number of hydrogen-bond donors (Lipinski definition) is 0. The van der Waals surface area contributed by atoms with Gasteiger partial charge in [0.2, 0.25) is 0 Å². The molecule has 2 aliphatic carbocycles. The Morgan fingerprint density at radius 2 is 1.75 bits per heavy atom. The second-order valence-corrected chi connectivity index (χ2v) is 3.66. The predicted octanol–water partition coefficient (Wildman–Crippen LogP) is 1.47. The van der Waals surface area contributed by atoms with Crippen molar-refractivity contribution in [1.82, 2.24) is 0 Å². The first-order valence-corrected chi connectivity index (χ1v) is 5.03. The van der Waals surface area contributed by atoms with E-state index in [1.165, 1.54) is 18.2 Å². The van der Waals surface area contributed by atoms with Gasteiger partial charge in [0.05, 0.1) is 0 Å².